The van der Waals surface area contributed by atoms with E-state index in [1.807, 2.05) is 42.5 Å². The van der Waals surface area contributed by atoms with E-state index in [1.165, 1.54) is 16.7 Å². The number of methoxy groups -OCH3 is 1. The highest BCUT2D eigenvalue weighted by Gasteiger charge is 2.31. The zero-order valence-corrected chi connectivity index (χ0v) is 21.4. The molecule has 2 aromatic rings. The third kappa shape index (κ3) is 6.28. The van der Waals surface area contributed by atoms with E-state index in [0.717, 1.165) is 23.3 Å². The van der Waals surface area contributed by atoms with Crippen molar-refractivity contribution in [3.05, 3.63) is 82.2 Å². The minimum Gasteiger partial charge on any atom is -0.493 e. The molecule has 1 fully saturated rings. The highest BCUT2D eigenvalue weighted by atomic mass is 79.9. The van der Waals surface area contributed by atoms with Crippen LogP contribution < -0.4 is 14.2 Å². The Hall–Kier alpha value is -2.55. The number of nitrogens with zero attached hydrogens (tertiary/aromatic N) is 1. The summed E-state index contributed by atoms with van der Waals surface area (Å²) in [7, 11) is 1.57. The molecule has 0 spiro atoms. The fourth-order valence-corrected chi connectivity index (χ4v) is 5.01. The summed E-state index contributed by atoms with van der Waals surface area (Å²) < 4.78 is 18.6. The zero-order valence-electron chi connectivity index (χ0n) is 18.2. The molecule has 0 N–H and O–H groups in total. The van der Waals surface area contributed by atoms with Gasteiger partial charge in [-0.05, 0) is 57.8 Å². The van der Waals surface area contributed by atoms with Crippen molar-refractivity contribution in [1.29, 1.82) is 0 Å². The Morgan fingerprint density at radius 1 is 1.12 bits per heavy atom. The first-order valence-corrected chi connectivity index (χ1v) is 12.2. The SMILES string of the molecule is C=CCc1ccccc1OCCOc1c(Br)cc(C=C2SC(=S)N(CC=C)C2=O)cc1OC. The molecule has 0 aromatic heterocycles. The van der Waals surface area contributed by atoms with E-state index in [9.17, 15) is 4.79 Å². The molecule has 1 aliphatic rings. The average Bonchev–Trinajstić information content (AvgIpc) is 3.06. The third-order valence-electron chi connectivity index (χ3n) is 4.66. The van der Waals surface area contributed by atoms with Crippen LogP contribution in [0.2, 0.25) is 0 Å². The van der Waals surface area contributed by atoms with Crippen molar-refractivity contribution in [2.75, 3.05) is 26.9 Å². The van der Waals surface area contributed by atoms with E-state index in [4.69, 9.17) is 26.4 Å². The van der Waals surface area contributed by atoms with Crippen LogP contribution in [0, 0.1) is 0 Å². The molecule has 0 aliphatic carbocycles. The molecule has 1 heterocycles. The molecule has 0 bridgehead atoms. The summed E-state index contributed by atoms with van der Waals surface area (Å²) in [5, 5.41) is 0. The van der Waals surface area contributed by atoms with Crippen molar-refractivity contribution in [3.63, 3.8) is 0 Å². The highest BCUT2D eigenvalue weighted by molar-refractivity contribution is 9.10. The molecule has 0 radical (unpaired) electrons. The molecule has 5 nitrogen and oxygen atoms in total. The summed E-state index contributed by atoms with van der Waals surface area (Å²) in [6.07, 6.45) is 6.03. The number of benzene rings is 2. The van der Waals surface area contributed by atoms with Gasteiger partial charge in [0.25, 0.3) is 5.91 Å². The second-order valence-corrected chi connectivity index (χ2v) is 9.44. The van der Waals surface area contributed by atoms with Crippen molar-refractivity contribution in [2.45, 2.75) is 6.42 Å². The van der Waals surface area contributed by atoms with Crippen LogP contribution in [0.15, 0.2) is 71.1 Å². The minimum atomic E-state index is -0.130. The monoisotopic (exact) mass is 545 g/mol. The maximum atomic E-state index is 12.6. The molecular formula is C25H24BrNO4S2. The van der Waals surface area contributed by atoms with Gasteiger partial charge in [0.15, 0.2) is 11.5 Å². The maximum Gasteiger partial charge on any atom is 0.266 e. The van der Waals surface area contributed by atoms with Crippen molar-refractivity contribution in [3.8, 4) is 17.2 Å². The summed E-state index contributed by atoms with van der Waals surface area (Å²) >= 11 is 10.1. The molecule has 1 amide bonds. The van der Waals surface area contributed by atoms with Crippen molar-refractivity contribution >= 4 is 56.2 Å². The lowest BCUT2D eigenvalue weighted by Crippen LogP contribution is -2.27. The van der Waals surface area contributed by atoms with Crippen LogP contribution in [-0.2, 0) is 11.2 Å². The molecule has 1 aliphatic heterocycles. The van der Waals surface area contributed by atoms with Gasteiger partial charge in [-0.2, -0.15) is 0 Å². The smallest absolute Gasteiger partial charge is 0.266 e. The molecule has 1 saturated heterocycles. The first kappa shape index (κ1) is 25.1. The number of carbonyl (C=O) groups is 1. The van der Waals surface area contributed by atoms with E-state index in [-0.39, 0.29) is 5.91 Å². The number of hydrogen-bond acceptors (Lipinski definition) is 6. The van der Waals surface area contributed by atoms with Gasteiger partial charge in [0.2, 0.25) is 0 Å². The van der Waals surface area contributed by atoms with Crippen molar-refractivity contribution < 1.29 is 19.0 Å². The van der Waals surface area contributed by atoms with Gasteiger partial charge in [-0.15, -0.1) is 13.2 Å². The first-order chi connectivity index (χ1) is 16.0. The number of rotatable bonds is 11. The Bertz CT molecular complexity index is 1100. The quantitative estimate of drug-likeness (QED) is 0.149. The number of halogens is 1. The Morgan fingerprint density at radius 3 is 2.61 bits per heavy atom. The van der Waals surface area contributed by atoms with Crippen LogP contribution in [0.25, 0.3) is 6.08 Å². The molecular weight excluding hydrogens is 522 g/mol. The Morgan fingerprint density at radius 2 is 1.88 bits per heavy atom. The molecule has 0 saturated carbocycles. The second kappa shape index (κ2) is 12.1. The van der Waals surface area contributed by atoms with Gasteiger partial charge >= 0.3 is 0 Å². The maximum absolute atomic E-state index is 12.6. The van der Waals surface area contributed by atoms with Gasteiger partial charge in [0.1, 0.15) is 23.3 Å². The standard InChI is InChI=1S/C25H24BrNO4S2/c1-4-8-18-9-6-7-10-20(18)30-12-13-31-23-19(26)14-17(15-21(23)29-3)16-22-24(28)27(11-5-2)25(32)33-22/h4-7,9-10,14-16H,1-2,8,11-13H2,3H3. The number of para-hydroxylation sites is 1. The van der Waals surface area contributed by atoms with Crippen LogP contribution in [-0.4, -0.2) is 42.0 Å². The van der Waals surface area contributed by atoms with Gasteiger partial charge < -0.3 is 14.2 Å². The van der Waals surface area contributed by atoms with E-state index in [2.05, 4.69) is 29.1 Å². The zero-order chi connectivity index (χ0) is 23.8. The lowest BCUT2D eigenvalue weighted by Gasteiger charge is -2.15. The summed E-state index contributed by atoms with van der Waals surface area (Å²) in [4.78, 5) is 14.7. The summed E-state index contributed by atoms with van der Waals surface area (Å²) in [5.41, 5.74) is 1.87. The fraction of sp³-hybridized carbons (Fsp3) is 0.200. The normalized spacial score (nSPS) is 14.5. The third-order valence-corrected chi connectivity index (χ3v) is 6.63. The molecule has 2 aromatic carbocycles. The Balaban J connectivity index is 1.69. The number of allylic oxidation sites excluding steroid dienone is 1. The predicted molar refractivity (Wildman–Crippen MR) is 142 cm³/mol. The highest BCUT2D eigenvalue weighted by Crippen LogP contribution is 2.39. The number of ether oxygens (including phenoxy) is 3. The van der Waals surface area contributed by atoms with E-state index in [1.54, 1.807) is 19.3 Å². The van der Waals surface area contributed by atoms with Gasteiger partial charge in [-0.1, -0.05) is 54.3 Å². The van der Waals surface area contributed by atoms with Crippen LogP contribution in [0.3, 0.4) is 0 Å². The number of hydrogen-bond donors (Lipinski definition) is 0. The van der Waals surface area contributed by atoms with Crippen LogP contribution in [0.4, 0.5) is 0 Å². The van der Waals surface area contributed by atoms with E-state index < -0.39 is 0 Å². The Kier molecular flexibility index (Phi) is 9.17. The number of amides is 1. The van der Waals surface area contributed by atoms with Gasteiger partial charge in [0, 0.05) is 6.54 Å². The minimum absolute atomic E-state index is 0.130. The summed E-state index contributed by atoms with van der Waals surface area (Å²) in [6, 6.07) is 11.6. The number of carbonyl (C=O) groups excluding carboxylic acids is 1. The summed E-state index contributed by atoms with van der Waals surface area (Å²) in [5.74, 6) is 1.80. The fourth-order valence-electron chi connectivity index (χ4n) is 3.17. The number of thiocarbonyl (C=S) groups is 1. The molecule has 33 heavy (non-hydrogen) atoms. The Labute approximate surface area is 212 Å². The van der Waals surface area contributed by atoms with E-state index in [0.29, 0.717) is 45.0 Å². The molecule has 3 rings (SSSR count). The van der Waals surface area contributed by atoms with Crippen molar-refractivity contribution in [1.82, 2.24) is 4.90 Å². The van der Waals surface area contributed by atoms with E-state index >= 15 is 0 Å². The van der Waals surface area contributed by atoms with Crippen LogP contribution in [0.5, 0.6) is 17.2 Å². The van der Waals surface area contributed by atoms with Crippen molar-refractivity contribution in [2.24, 2.45) is 0 Å². The molecule has 0 atom stereocenters. The molecule has 0 unspecified atom stereocenters. The van der Waals surface area contributed by atoms with Gasteiger partial charge in [-0.3, -0.25) is 9.69 Å². The van der Waals surface area contributed by atoms with Gasteiger partial charge in [0.05, 0.1) is 16.5 Å². The molecule has 172 valence electrons. The first-order valence-electron chi connectivity index (χ1n) is 10.2. The molecule has 8 heteroatoms. The van der Waals surface area contributed by atoms with Gasteiger partial charge in [-0.25, -0.2) is 0 Å². The predicted octanol–water partition coefficient (Wildman–Crippen LogP) is 6.03. The van der Waals surface area contributed by atoms with Crippen LogP contribution in [0.1, 0.15) is 11.1 Å². The van der Waals surface area contributed by atoms with Crippen LogP contribution >= 0.6 is 39.9 Å². The lowest BCUT2D eigenvalue weighted by atomic mass is 10.1. The summed E-state index contributed by atoms with van der Waals surface area (Å²) in [6.45, 7) is 8.55. The largest absolute Gasteiger partial charge is 0.493 e. The topological polar surface area (TPSA) is 48.0 Å². The average molecular weight is 547 g/mol. The number of thioether (sulfide) groups is 1. The second-order valence-electron chi connectivity index (χ2n) is 6.91. The lowest BCUT2D eigenvalue weighted by molar-refractivity contribution is -0.121.